The molecular formula is C16H13F3N4O2. The lowest BCUT2D eigenvalue weighted by molar-refractivity contribution is -0.138. The average molecular weight is 350 g/mol. The Morgan fingerprint density at radius 1 is 1.24 bits per heavy atom. The largest absolute Gasteiger partial charge is 0.416 e. The van der Waals surface area contributed by atoms with Gasteiger partial charge in [0.25, 0.3) is 0 Å². The van der Waals surface area contributed by atoms with Gasteiger partial charge >= 0.3 is 11.9 Å². The van der Waals surface area contributed by atoms with Gasteiger partial charge in [-0.1, -0.05) is 12.1 Å². The molecule has 3 rings (SSSR count). The first-order valence-corrected chi connectivity index (χ1v) is 7.27. The van der Waals surface area contributed by atoms with Crippen LogP contribution < -0.4 is 11.0 Å². The van der Waals surface area contributed by atoms with Crippen LogP contribution in [0.3, 0.4) is 0 Å². The number of pyridine rings is 1. The van der Waals surface area contributed by atoms with Crippen LogP contribution in [0.5, 0.6) is 0 Å². The fourth-order valence-electron chi connectivity index (χ4n) is 2.41. The third-order valence-corrected chi connectivity index (χ3v) is 3.61. The first kappa shape index (κ1) is 16.7. The van der Waals surface area contributed by atoms with E-state index in [1.54, 1.807) is 18.2 Å². The molecule has 0 spiro atoms. The van der Waals surface area contributed by atoms with Crippen molar-refractivity contribution in [3.63, 3.8) is 0 Å². The predicted molar refractivity (Wildman–Crippen MR) is 84.3 cm³/mol. The van der Waals surface area contributed by atoms with Gasteiger partial charge in [-0.15, -0.1) is 5.10 Å². The highest BCUT2D eigenvalue weighted by atomic mass is 19.4. The van der Waals surface area contributed by atoms with Crippen molar-refractivity contribution in [1.82, 2.24) is 14.2 Å². The Hall–Kier alpha value is -3.10. The van der Waals surface area contributed by atoms with Crippen molar-refractivity contribution in [2.75, 3.05) is 5.32 Å². The summed E-state index contributed by atoms with van der Waals surface area (Å²) in [6.45, 7) is 0.931. The van der Waals surface area contributed by atoms with E-state index in [1.165, 1.54) is 29.7 Å². The summed E-state index contributed by atoms with van der Waals surface area (Å²) in [7, 11) is 0. The second-order valence-electron chi connectivity index (χ2n) is 5.44. The van der Waals surface area contributed by atoms with E-state index >= 15 is 0 Å². The first-order valence-electron chi connectivity index (χ1n) is 7.27. The number of nitrogens with one attached hydrogen (secondary N) is 1. The van der Waals surface area contributed by atoms with Crippen LogP contribution in [0.1, 0.15) is 11.1 Å². The van der Waals surface area contributed by atoms with Crippen molar-refractivity contribution >= 4 is 17.2 Å². The van der Waals surface area contributed by atoms with Gasteiger partial charge < -0.3 is 5.32 Å². The van der Waals surface area contributed by atoms with E-state index in [1.807, 2.05) is 0 Å². The van der Waals surface area contributed by atoms with Crippen molar-refractivity contribution in [3.8, 4) is 0 Å². The van der Waals surface area contributed by atoms with E-state index in [-0.39, 0.29) is 11.3 Å². The fraction of sp³-hybridized carbons (Fsp3) is 0.188. The molecule has 0 aliphatic carbocycles. The highest BCUT2D eigenvalue weighted by molar-refractivity contribution is 5.90. The third kappa shape index (κ3) is 3.39. The molecule has 0 radical (unpaired) electrons. The highest BCUT2D eigenvalue weighted by Crippen LogP contribution is 2.33. The van der Waals surface area contributed by atoms with Crippen LogP contribution in [0.15, 0.2) is 47.4 Å². The monoisotopic (exact) mass is 350 g/mol. The summed E-state index contributed by atoms with van der Waals surface area (Å²) >= 11 is 0. The molecule has 25 heavy (non-hydrogen) atoms. The molecule has 0 atom stereocenters. The number of anilines is 1. The van der Waals surface area contributed by atoms with Crippen molar-refractivity contribution in [2.45, 2.75) is 19.6 Å². The number of aryl methyl sites for hydroxylation is 1. The van der Waals surface area contributed by atoms with E-state index in [0.29, 0.717) is 5.65 Å². The van der Waals surface area contributed by atoms with Crippen LogP contribution in [0, 0.1) is 6.92 Å². The third-order valence-electron chi connectivity index (χ3n) is 3.61. The maximum Gasteiger partial charge on any atom is 0.416 e. The molecule has 0 aliphatic heterocycles. The van der Waals surface area contributed by atoms with Crippen molar-refractivity contribution in [1.29, 1.82) is 0 Å². The number of hydrogen-bond acceptors (Lipinski definition) is 3. The van der Waals surface area contributed by atoms with Crippen LogP contribution in [-0.2, 0) is 17.5 Å². The zero-order valence-corrected chi connectivity index (χ0v) is 13.0. The standard InChI is InChI=1S/C16H13F3N4O2/c1-10-5-6-11(8-12(10)16(17,18)19)20-14(24)9-23-15(25)22-7-3-2-4-13(22)21-23/h2-8H,9H2,1H3,(H,20,24). The van der Waals surface area contributed by atoms with Gasteiger partial charge in [-0.3, -0.25) is 9.20 Å². The minimum Gasteiger partial charge on any atom is -0.324 e. The number of aromatic nitrogens is 3. The molecule has 9 heteroatoms. The average Bonchev–Trinajstić information content (AvgIpc) is 2.85. The zero-order valence-electron chi connectivity index (χ0n) is 13.0. The smallest absolute Gasteiger partial charge is 0.324 e. The molecule has 0 fully saturated rings. The number of halogens is 3. The summed E-state index contributed by atoms with van der Waals surface area (Å²) < 4.78 is 41.0. The number of carbonyl (C=O) groups excluding carboxylic acids is 1. The highest BCUT2D eigenvalue weighted by Gasteiger charge is 2.32. The molecular weight excluding hydrogens is 337 g/mol. The van der Waals surface area contributed by atoms with Crippen LogP contribution in [-0.4, -0.2) is 20.1 Å². The van der Waals surface area contributed by atoms with Gasteiger partial charge in [0.05, 0.1) is 5.56 Å². The summed E-state index contributed by atoms with van der Waals surface area (Å²) in [5.41, 5.74) is -0.905. The van der Waals surface area contributed by atoms with Crippen LogP contribution in [0.2, 0.25) is 0 Å². The molecule has 3 aromatic rings. The molecule has 0 saturated heterocycles. The molecule has 0 unspecified atom stereocenters. The Kier molecular flexibility index (Phi) is 4.07. The molecule has 6 nitrogen and oxygen atoms in total. The van der Waals surface area contributed by atoms with E-state index in [9.17, 15) is 22.8 Å². The van der Waals surface area contributed by atoms with E-state index in [2.05, 4.69) is 10.4 Å². The van der Waals surface area contributed by atoms with E-state index in [4.69, 9.17) is 0 Å². The number of alkyl halides is 3. The Bertz CT molecular complexity index is 1000. The normalized spacial score (nSPS) is 11.7. The van der Waals surface area contributed by atoms with Gasteiger partial charge in [-0.05, 0) is 36.8 Å². The van der Waals surface area contributed by atoms with Crippen LogP contribution in [0.4, 0.5) is 18.9 Å². The summed E-state index contributed by atoms with van der Waals surface area (Å²) in [4.78, 5) is 24.1. The van der Waals surface area contributed by atoms with Crippen LogP contribution in [0.25, 0.3) is 5.65 Å². The van der Waals surface area contributed by atoms with Gasteiger partial charge in [-0.25, -0.2) is 9.48 Å². The SMILES string of the molecule is Cc1ccc(NC(=O)Cn2nc3ccccn3c2=O)cc1C(F)(F)F. The summed E-state index contributed by atoms with van der Waals surface area (Å²) in [6.07, 6.45) is -3.00. The maximum absolute atomic E-state index is 12.9. The van der Waals surface area contributed by atoms with Crippen molar-refractivity contribution in [2.24, 2.45) is 0 Å². The van der Waals surface area contributed by atoms with Crippen molar-refractivity contribution < 1.29 is 18.0 Å². The summed E-state index contributed by atoms with van der Waals surface area (Å²) in [5, 5.41) is 6.34. The number of carbonyl (C=O) groups is 1. The molecule has 2 heterocycles. The molecule has 1 amide bonds. The predicted octanol–water partition coefficient (Wildman–Crippen LogP) is 2.46. The fourth-order valence-corrected chi connectivity index (χ4v) is 2.41. The summed E-state index contributed by atoms with van der Waals surface area (Å²) in [6, 6.07) is 8.44. The molecule has 1 aromatic carbocycles. The van der Waals surface area contributed by atoms with Crippen LogP contribution >= 0.6 is 0 Å². The maximum atomic E-state index is 12.9. The van der Waals surface area contributed by atoms with E-state index < -0.39 is 29.9 Å². The van der Waals surface area contributed by atoms with Gasteiger partial charge in [0.2, 0.25) is 5.91 Å². The quantitative estimate of drug-likeness (QED) is 0.789. The zero-order chi connectivity index (χ0) is 18.2. The molecule has 1 N–H and O–H groups in total. The number of benzene rings is 1. The van der Waals surface area contributed by atoms with Gasteiger partial charge in [0.15, 0.2) is 5.65 Å². The lowest BCUT2D eigenvalue weighted by Crippen LogP contribution is -2.28. The molecule has 0 aliphatic rings. The molecule has 130 valence electrons. The number of fused-ring (bicyclic) bond motifs is 1. The number of rotatable bonds is 3. The second kappa shape index (κ2) is 6.08. The summed E-state index contributed by atoms with van der Waals surface area (Å²) in [5.74, 6) is -0.650. The molecule has 0 saturated carbocycles. The van der Waals surface area contributed by atoms with E-state index in [0.717, 1.165) is 10.7 Å². The van der Waals surface area contributed by atoms with Gasteiger partial charge in [-0.2, -0.15) is 13.2 Å². The van der Waals surface area contributed by atoms with Gasteiger partial charge in [0.1, 0.15) is 6.54 Å². The molecule has 0 bridgehead atoms. The second-order valence-corrected chi connectivity index (χ2v) is 5.44. The number of nitrogens with zero attached hydrogens (tertiary/aromatic N) is 3. The van der Waals surface area contributed by atoms with Gasteiger partial charge in [0, 0.05) is 11.9 Å². The Balaban J connectivity index is 1.81. The Morgan fingerprint density at radius 2 is 2.00 bits per heavy atom. The molecule has 2 aromatic heterocycles. The lowest BCUT2D eigenvalue weighted by Gasteiger charge is -2.12. The minimum absolute atomic E-state index is 0.000242. The lowest BCUT2D eigenvalue weighted by atomic mass is 10.1. The Morgan fingerprint density at radius 3 is 2.68 bits per heavy atom. The Labute approximate surface area is 139 Å². The van der Waals surface area contributed by atoms with Crippen molar-refractivity contribution in [3.05, 3.63) is 64.2 Å². The minimum atomic E-state index is -4.51. The first-order chi connectivity index (χ1) is 11.8. The number of hydrogen-bond donors (Lipinski definition) is 1. The topological polar surface area (TPSA) is 68.4 Å². The number of amides is 1.